The van der Waals surface area contributed by atoms with Crippen LogP contribution in [0.25, 0.3) is 0 Å². The molecule has 0 heterocycles. The summed E-state index contributed by atoms with van der Waals surface area (Å²) in [5.41, 5.74) is 4.87. The highest BCUT2D eigenvalue weighted by molar-refractivity contribution is 7.72. The molecule has 1 aliphatic carbocycles. The van der Waals surface area contributed by atoms with E-state index < -0.39 is 28.4 Å². The van der Waals surface area contributed by atoms with E-state index in [2.05, 4.69) is 38.2 Å². The molecular formula is C23H33NO4S. The Morgan fingerprint density at radius 1 is 1.21 bits per heavy atom. The number of carbonyl (C=O) groups is 2. The third-order valence-corrected chi connectivity index (χ3v) is 5.66. The van der Waals surface area contributed by atoms with Crippen LogP contribution in [0.3, 0.4) is 0 Å². The van der Waals surface area contributed by atoms with Crippen molar-refractivity contribution < 1.29 is 18.0 Å². The molecule has 0 radical (unpaired) electrons. The molecule has 29 heavy (non-hydrogen) atoms. The molecule has 160 valence electrons. The lowest BCUT2D eigenvalue weighted by Gasteiger charge is -2.32. The Balaban J connectivity index is 2.72. The molecule has 5 nitrogen and oxygen atoms in total. The van der Waals surface area contributed by atoms with Crippen molar-refractivity contribution in [2.75, 3.05) is 5.75 Å². The number of aldehydes is 1. The molecule has 0 fully saturated rings. The molecule has 0 spiro atoms. The Morgan fingerprint density at radius 2 is 1.90 bits per heavy atom. The maximum Gasteiger partial charge on any atom is 0.244 e. The highest BCUT2D eigenvalue weighted by atomic mass is 32.2. The molecule has 1 aliphatic rings. The molecule has 0 unspecified atom stereocenters. The second-order valence-corrected chi connectivity index (χ2v) is 9.22. The molecule has 0 aliphatic heterocycles. The molecule has 6 heteroatoms. The van der Waals surface area contributed by atoms with Crippen molar-refractivity contribution in [3.05, 3.63) is 58.7 Å². The van der Waals surface area contributed by atoms with Gasteiger partial charge in [0, 0.05) is 6.08 Å². The number of rotatable bonds is 9. The first-order chi connectivity index (χ1) is 13.5. The first kappa shape index (κ1) is 24.8. The van der Waals surface area contributed by atoms with Crippen LogP contribution < -0.4 is 5.32 Å². The van der Waals surface area contributed by atoms with Crippen molar-refractivity contribution in [1.82, 2.24) is 5.32 Å². The van der Waals surface area contributed by atoms with Crippen molar-refractivity contribution >= 4 is 22.9 Å². The molecular weight excluding hydrogens is 386 g/mol. The van der Waals surface area contributed by atoms with Gasteiger partial charge in [0.05, 0.1) is 11.8 Å². The van der Waals surface area contributed by atoms with E-state index in [-0.39, 0.29) is 5.41 Å². The smallest absolute Gasteiger partial charge is 0.244 e. The second kappa shape index (κ2) is 11.7. The summed E-state index contributed by atoms with van der Waals surface area (Å²) >= 11 is 0. The van der Waals surface area contributed by atoms with Crippen molar-refractivity contribution in [1.29, 1.82) is 0 Å². The molecule has 0 bridgehead atoms. The van der Waals surface area contributed by atoms with Crippen LogP contribution in [0.15, 0.2) is 58.7 Å². The van der Waals surface area contributed by atoms with Crippen molar-refractivity contribution in [2.24, 2.45) is 5.41 Å². The Bertz CT molecular complexity index is 831. The fourth-order valence-corrected chi connectivity index (χ4v) is 3.89. The quantitative estimate of drug-likeness (QED) is 0.258. The molecule has 1 atom stereocenters. The number of amides is 1. The van der Waals surface area contributed by atoms with Gasteiger partial charge in [-0.2, -0.15) is 0 Å². The summed E-state index contributed by atoms with van der Waals surface area (Å²) in [4.78, 5) is 22.7. The summed E-state index contributed by atoms with van der Waals surface area (Å²) in [6, 6.07) is -1.02. The molecule has 0 saturated carbocycles. The molecule has 1 N–H and O–H groups in total. The monoisotopic (exact) mass is 419 g/mol. The number of hydrogen-bond donors (Lipinski definition) is 2. The SMILES string of the molecule is CC1=C(/C=C/C(C)=C/C=C/C(C)=C\C(=O)N[C@H](C=O)C[SH](=O)=O)C(C)(C)CCC1. The Kier molecular flexibility index (Phi) is 10.0. The summed E-state index contributed by atoms with van der Waals surface area (Å²) in [7, 11) is -2.73. The fraction of sp³-hybridized carbons (Fsp3) is 0.478. The van der Waals surface area contributed by atoms with E-state index in [0.717, 1.165) is 12.0 Å². The molecule has 0 saturated heterocycles. The third kappa shape index (κ3) is 9.22. The van der Waals surface area contributed by atoms with Crippen LogP contribution >= 0.6 is 0 Å². The van der Waals surface area contributed by atoms with Crippen LogP contribution in [-0.2, 0) is 20.3 Å². The number of nitrogens with one attached hydrogen (secondary N) is 1. The highest BCUT2D eigenvalue weighted by Crippen LogP contribution is 2.40. The minimum atomic E-state index is -2.73. The van der Waals surface area contributed by atoms with Crippen LogP contribution in [0.4, 0.5) is 0 Å². The maximum atomic E-state index is 11.9. The van der Waals surface area contributed by atoms with Gasteiger partial charge >= 0.3 is 0 Å². The van der Waals surface area contributed by atoms with Crippen LogP contribution in [-0.4, -0.2) is 32.4 Å². The predicted molar refractivity (Wildman–Crippen MR) is 119 cm³/mol. The normalized spacial score (nSPS) is 19.2. The Morgan fingerprint density at radius 3 is 2.48 bits per heavy atom. The van der Waals surface area contributed by atoms with E-state index in [1.807, 2.05) is 19.1 Å². The van der Waals surface area contributed by atoms with Crippen LogP contribution in [0.2, 0.25) is 0 Å². The van der Waals surface area contributed by atoms with Gasteiger partial charge in [0.2, 0.25) is 5.91 Å². The summed E-state index contributed by atoms with van der Waals surface area (Å²) in [5, 5.41) is 2.36. The largest absolute Gasteiger partial charge is 0.342 e. The van der Waals surface area contributed by atoms with Gasteiger partial charge in [0.25, 0.3) is 0 Å². The molecule has 1 rings (SSSR count). The van der Waals surface area contributed by atoms with Crippen molar-refractivity contribution in [3.8, 4) is 0 Å². The zero-order chi connectivity index (χ0) is 22.0. The van der Waals surface area contributed by atoms with E-state index >= 15 is 0 Å². The standard InChI is InChI=1S/C23H33NO4S/c1-17(11-12-21-19(3)10-7-13-23(21,4)5)8-6-9-18(2)14-22(26)24-20(15-25)16-29(27)28/h6,8-9,11-12,14-15,20,29H,7,10,13,16H2,1-5H3,(H,24,26)/b9-6+,12-11+,17-8+,18-14-/t20-/m1/s1. The van der Waals surface area contributed by atoms with Gasteiger partial charge in [-0.05, 0) is 56.6 Å². The summed E-state index contributed by atoms with van der Waals surface area (Å²) in [5.74, 6) is -0.891. The molecule has 0 aromatic rings. The van der Waals surface area contributed by atoms with Gasteiger partial charge in [-0.15, -0.1) is 0 Å². The maximum absolute atomic E-state index is 11.9. The van der Waals surface area contributed by atoms with Gasteiger partial charge in [0.15, 0.2) is 0 Å². The number of hydrogen-bond acceptors (Lipinski definition) is 4. The van der Waals surface area contributed by atoms with Crippen LogP contribution in [0.5, 0.6) is 0 Å². The Labute approximate surface area is 176 Å². The minimum absolute atomic E-state index is 0.209. The van der Waals surface area contributed by atoms with Crippen molar-refractivity contribution in [2.45, 2.75) is 59.9 Å². The first-order valence-electron chi connectivity index (χ1n) is 9.84. The zero-order valence-electron chi connectivity index (χ0n) is 18.0. The summed E-state index contributed by atoms with van der Waals surface area (Å²) in [6.07, 6.45) is 15.3. The highest BCUT2D eigenvalue weighted by Gasteiger charge is 2.26. The van der Waals surface area contributed by atoms with Gasteiger partial charge in [0.1, 0.15) is 17.0 Å². The summed E-state index contributed by atoms with van der Waals surface area (Å²) < 4.78 is 21.3. The van der Waals surface area contributed by atoms with Crippen LogP contribution in [0, 0.1) is 5.41 Å². The van der Waals surface area contributed by atoms with Gasteiger partial charge in [-0.25, -0.2) is 8.42 Å². The van der Waals surface area contributed by atoms with E-state index in [4.69, 9.17) is 0 Å². The first-order valence-corrected chi connectivity index (χ1v) is 11.2. The molecule has 1 amide bonds. The second-order valence-electron chi connectivity index (χ2n) is 8.19. The molecule has 0 aromatic heterocycles. The summed E-state index contributed by atoms with van der Waals surface area (Å²) in [6.45, 7) is 10.6. The van der Waals surface area contributed by atoms with E-state index in [9.17, 15) is 18.0 Å². The minimum Gasteiger partial charge on any atom is -0.342 e. The van der Waals surface area contributed by atoms with Gasteiger partial charge < -0.3 is 10.1 Å². The average molecular weight is 420 g/mol. The van der Waals surface area contributed by atoms with Gasteiger partial charge in [-0.1, -0.05) is 55.4 Å². The van der Waals surface area contributed by atoms with Gasteiger partial charge in [-0.3, -0.25) is 4.79 Å². The van der Waals surface area contributed by atoms with Crippen LogP contribution in [0.1, 0.15) is 53.9 Å². The van der Waals surface area contributed by atoms with Crippen molar-refractivity contribution in [3.63, 3.8) is 0 Å². The fourth-order valence-electron chi connectivity index (χ4n) is 3.39. The lowest BCUT2D eigenvalue weighted by molar-refractivity contribution is -0.119. The lowest BCUT2D eigenvalue weighted by Crippen LogP contribution is -2.38. The predicted octanol–water partition coefficient (Wildman–Crippen LogP) is 3.81. The number of carbonyl (C=O) groups excluding carboxylic acids is 2. The number of allylic oxidation sites excluding steroid dienone is 9. The van der Waals surface area contributed by atoms with E-state index in [0.29, 0.717) is 11.9 Å². The third-order valence-electron chi connectivity index (χ3n) is 4.97. The average Bonchev–Trinajstić information content (AvgIpc) is 2.59. The van der Waals surface area contributed by atoms with E-state index in [1.165, 1.54) is 30.1 Å². The molecule has 0 aromatic carbocycles. The Hall–Kier alpha value is -2.21. The van der Waals surface area contributed by atoms with E-state index in [1.54, 1.807) is 13.0 Å². The number of thiol groups is 1. The topological polar surface area (TPSA) is 80.3 Å². The lowest BCUT2D eigenvalue weighted by atomic mass is 9.72. The zero-order valence-corrected chi connectivity index (χ0v) is 18.9.